The molecule has 1 aromatic carbocycles. The summed E-state index contributed by atoms with van der Waals surface area (Å²) in [5.41, 5.74) is -0.811. The maximum atomic E-state index is 12.7. The van der Waals surface area contributed by atoms with Gasteiger partial charge in [0, 0.05) is 25.0 Å². The van der Waals surface area contributed by atoms with E-state index in [1.54, 1.807) is 0 Å². The minimum absolute atomic E-state index is 0.0443. The first kappa shape index (κ1) is 21.3. The fourth-order valence-corrected chi connectivity index (χ4v) is 4.45. The zero-order chi connectivity index (χ0) is 21.2. The third-order valence-corrected chi connectivity index (χ3v) is 6.72. The molecule has 0 unspecified atom stereocenters. The van der Waals surface area contributed by atoms with Crippen molar-refractivity contribution in [3.05, 3.63) is 53.9 Å². The van der Waals surface area contributed by atoms with E-state index in [9.17, 15) is 26.4 Å². The number of carbonyl (C=O) groups is 1. The Hall–Kier alpha value is -2.46. The van der Waals surface area contributed by atoms with Gasteiger partial charge in [-0.2, -0.15) is 17.5 Å². The van der Waals surface area contributed by atoms with E-state index in [4.69, 9.17) is 0 Å². The Morgan fingerprint density at radius 2 is 1.72 bits per heavy atom. The fourth-order valence-electron chi connectivity index (χ4n) is 2.98. The number of halogens is 3. The molecule has 29 heavy (non-hydrogen) atoms. The van der Waals surface area contributed by atoms with Gasteiger partial charge < -0.3 is 5.32 Å². The monoisotopic (exact) mass is 427 g/mol. The summed E-state index contributed by atoms with van der Waals surface area (Å²) < 4.78 is 64.5. The molecule has 0 bridgehead atoms. The maximum absolute atomic E-state index is 12.7. The van der Waals surface area contributed by atoms with Crippen molar-refractivity contribution in [3.63, 3.8) is 0 Å². The molecular formula is C19H20F3N3O3S. The first-order valence-electron chi connectivity index (χ1n) is 9.02. The highest BCUT2D eigenvalue weighted by Crippen LogP contribution is 2.27. The van der Waals surface area contributed by atoms with Crippen molar-refractivity contribution in [2.45, 2.75) is 30.8 Å². The van der Waals surface area contributed by atoms with Gasteiger partial charge in [-0.3, -0.25) is 9.78 Å². The van der Waals surface area contributed by atoms with E-state index in [1.807, 2.05) is 0 Å². The second kappa shape index (κ2) is 8.11. The van der Waals surface area contributed by atoms with E-state index in [1.165, 1.54) is 28.6 Å². The van der Waals surface area contributed by atoms with Gasteiger partial charge in [0.1, 0.15) is 5.69 Å². The van der Waals surface area contributed by atoms with Crippen LogP contribution >= 0.6 is 0 Å². The molecule has 1 amide bonds. The molecule has 1 aromatic heterocycles. The molecule has 1 fully saturated rings. The number of pyridine rings is 1. The second-order valence-electron chi connectivity index (χ2n) is 6.99. The lowest BCUT2D eigenvalue weighted by molar-refractivity contribution is -0.141. The summed E-state index contributed by atoms with van der Waals surface area (Å²) in [5.74, 6) is -0.148. The van der Waals surface area contributed by atoms with Crippen LogP contribution in [0, 0.1) is 5.92 Å². The smallest absolute Gasteiger partial charge is 0.322 e. The van der Waals surface area contributed by atoms with E-state index in [2.05, 4.69) is 17.2 Å². The summed E-state index contributed by atoms with van der Waals surface area (Å²) in [5, 5.41) is 2.51. The van der Waals surface area contributed by atoms with Gasteiger partial charge in [0.2, 0.25) is 10.0 Å². The van der Waals surface area contributed by atoms with Gasteiger partial charge in [-0.25, -0.2) is 8.42 Å². The summed E-state index contributed by atoms with van der Waals surface area (Å²) in [4.78, 5) is 15.5. The van der Waals surface area contributed by atoms with Gasteiger partial charge in [-0.1, -0.05) is 6.92 Å². The SMILES string of the molecule is CC1CCN(S(=O)(=O)c2ccc(NC(=O)c3ccc(C(F)(F)F)nc3)cc2)CC1. The van der Waals surface area contributed by atoms with Crippen LogP contribution in [0.3, 0.4) is 0 Å². The molecule has 0 atom stereocenters. The van der Waals surface area contributed by atoms with Crippen molar-refractivity contribution in [1.29, 1.82) is 0 Å². The van der Waals surface area contributed by atoms with Crippen LogP contribution in [0.4, 0.5) is 18.9 Å². The Balaban J connectivity index is 1.68. The number of sulfonamides is 1. The van der Waals surface area contributed by atoms with E-state index >= 15 is 0 Å². The van der Waals surface area contributed by atoms with Crippen LogP contribution in [0.5, 0.6) is 0 Å². The van der Waals surface area contributed by atoms with Crippen LogP contribution in [0.15, 0.2) is 47.5 Å². The number of nitrogens with one attached hydrogen (secondary N) is 1. The van der Waals surface area contributed by atoms with Crippen molar-refractivity contribution in [2.75, 3.05) is 18.4 Å². The molecule has 156 valence electrons. The van der Waals surface area contributed by atoms with E-state index in [0.717, 1.165) is 31.2 Å². The van der Waals surface area contributed by atoms with Crippen molar-refractivity contribution in [2.24, 2.45) is 5.92 Å². The zero-order valence-corrected chi connectivity index (χ0v) is 16.4. The molecule has 1 N–H and O–H groups in total. The second-order valence-corrected chi connectivity index (χ2v) is 8.93. The number of hydrogen-bond donors (Lipinski definition) is 1. The molecular weight excluding hydrogens is 407 g/mol. The standard InChI is InChI=1S/C19H20F3N3O3S/c1-13-8-10-25(11-9-13)29(27,28)16-5-3-15(4-6-16)24-18(26)14-2-7-17(23-12-14)19(20,21)22/h2-7,12-13H,8-11H2,1H3,(H,24,26). The summed E-state index contributed by atoms with van der Waals surface area (Å²) in [6.45, 7) is 3.04. The number of hydrogen-bond acceptors (Lipinski definition) is 4. The third-order valence-electron chi connectivity index (χ3n) is 4.81. The predicted octanol–water partition coefficient (Wildman–Crippen LogP) is 3.77. The van der Waals surface area contributed by atoms with Gasteiger partial charge in [-0.05, 0) is 55.2 Å². The summed E-state index contributed by atoms with van der Waals surface area (Å²) in [7, 11) is -3.60. The summed E-state index contributed by atoms with van der Waals surface area (Å²) >= 11 is 0. The van der Waals surface area contributed by atoms with Crippen molar-refractivity contribution in [1.82, 2.24) is 9.29 Å². The average Bonchev–Trinajstić information content (AvgIpc) is 2.68. The van der Waals surface area contributed by atoms with Gasteiger partial charge in [0.25, 0.3) is 5.91 Å². The molecule has 1 aliphatic heterocycles. The van der Waals surface area contributed by atoms with Crippen molar-refractivity contribution >= 4 is 21.6 Å². The number of benzene rings is 1. The lowest BCUT2D eigenvalue weighted by atomic mass is 10.0. The zero-order valence-electron chi connectivity index (χ0n) is 15.6. The molecule has 2 heterocycles. The Kier molecular flexibility index (Phi) is 5.95. The number of alkyl halides is 3. The van der Waals surface area contributed by atoms with Crippen molar-refractivity contribution < 1.29 is 26.4 Å². The number of nitrogens with zero attached hydrogens (tertiary/aromatic N) is 2. The maximum Gasteiger partial charge on any atom is 0.433 e. The Labute approximate surface area is 166 Å². The molecule has 0 saturated carbocycles. The molecule has 0 radical (unpaired) electrons. The largest absolute Gasteiger partial charge is 0.433 e. The van der Waals surface area contributed by atoms with Gasteiger partial charge in [0.05, 0.1) is 10.5 Å². The van der Waals surface area contributed by atoms with E-state index < -0.39 is 27.8 Å². The molecule has 3 rings (SSSR count). The molecule has 10 heteroatoms. The summed E-state index contributed by atoms with van der Waals surface area (Å²) in [6.07, 6.45) is -2.11. The lowest BCUT2D eigenvalue weighted by Gasteiger charge is -2.29. The van der Waals surface area contributed by atoms with Crippen LogP contribution < -0.4 is 5.32 Å². The first-order chi connectivity index (χ1) is 13.6. The van der Waals surface area contributed by atoms with Crippen LogP contribution in [-0.4, -0.2) is 36.7 Å². The molecule has 1 saturated heterocycles. The average molecular weight is 427 g/mol. The van der Waals surface area contributed by atoms with Gasteiger partial charge in [0.15, 0.2) is 0 Å². The molecule has 2 aromatic rings. The highest BCUT2D eigenvalue weighted by Gasteiger charge is 2.32. The number of amides is 1. The lowest BCUT2D eigenvalue weighted by Crippen LogP contribution is -2.37. The van der Waals surface area contributed by atoms with Crippen LogP contribution in [0.1, 0.15) is 35.8 Å². The van der Waals surface area contributed by atoms with Crippen LogP contribution in [0.25, 0.3) is 0 Å². The highest BCUT2D eigenvalue weighted by atomic mass is 32.2. The first-order valence-corrected chi connectivity index (χ1v) is 10.5. The normalized spacial score (nSPS) is 16.6. The minimum Gasteiger partial charge on any atom is -0.322 e. The van der Waals surface area contributed by atoms with E-state index in [0.29, 0.717) is 24.7 Å². The minimum atomic E-state index is -4.58. The quantitative estimate of drug-likeness (QED) is 0.806. The number of rotatable bonds is 4. The Morgan fingerprint density at radius 3 is 2.24 bits per heavy atom. The Bertz CT molecular complexity index is 966. The van der Waals surface area contributed by atoms with Gasteiger partial charge in [-0.15, -0.1) is 0 Å². The number of aromatic nitrogens is 1. The molecule has 6 nitrogen and oxygen atoms in total. The van der Waals surface area contributed by atoms with Gasteiger partial charge >= 0.3 is 6.18 Å². The highest BCUT2D eigenvalue weighted by molar-refractivity contribution is 7.89. The topological polar surface area (TPSA) is 79.4 Å². The third kappa shape index (κ3) is 4.94. The predicted molar refractivity (Wildman–Crippen MR) is 101 cm³/mol. The fraction of sp³-hybridized carbons (Fsp3) is 0.368. The van der Waals surface area contributed by atoms with E-state index in [-0.39, 0.29) is 10.5 Å². The van der Waals surface area contributed by atoms with Crippen LogP contribution in [0.2, 0.25) is 0 Å². The van der Waals surface area contributed by atoms with Crippen LogP contribution in [-0.2, 0) is 16.2 Å². The van der Waals surface area contributed by atoms with Crippen molar-refractivity contribution in [3.8, 4) is 0 Å². The molecule has 0 spiro atoms. The Morgan fingerprint density at radius 1 is 1.10 bits per heavy atom. The molecule has 0 aliphatic carbocycles. The number of carbonyl (C=O) groups excluding carboxylic acids is 1. The number of piperidine rings is 1. The molecule has 1 aliphatic rings. The number of anilines is 1. The summed E-state index contributed by atoms with van der Waals surface area (Å²) in [6, 6.07) is 7.43.